The molecule has 0 amide bonds. The Hall–Kier alpha value is -2.50. The fourth-order valence-electron chi connectivity index (χ4n) is 8.03. The fraction of sp³-hybridized carbons (Fsp3) is 0.739. The minimum atomic E-state index is -2.18. The molecule has 11 heteroatoms. The third kappa shape index (κ3) is 2.42. The smallest absolute Gasteiger partial charge is 0.348 e. The van der Waals surface area contributed by atoms with Crippen LogP contribution in [-0.2, 0) is 38.1 Å². The second kappa shape index (κ2) is 7.02. The fourth-order valence-corrected chi connectivity index (χ4v) is 8.03. The van der Waals surface area contributed by atoms with E-state index in [0.717, 1.165) is 14.0 Å². The van der Waals surface area contributed by atoms with Crippen molar-refractivity contribution in [2.45, 2.75) is 63.6 Å². The van der Waals surface area contributed by atoms with Crippen LogP contribution in [0.4, 0.5) is 0 Å². The maximum Gasteiger partial charge on any atom is 0.348 e. The van der Waals surface area contributed by atoms with Crippen molar-refractivity contribution in [3.05, 3.63) is 11.3 Å². The average Bonchev–Trinajstić information content (AvgIpc) is 3.08. The summed E-state index contributed by atoms with van der Waals surface area (Å²) in [5.41, 5.74) is -4.02. The molecule has 2 bridgehead atoms. The molecule has 0 radical (unpaired) electrons. The van der Waals surface area contributed by atoms with Crippen LogP contribution in [0.1, 0.15) is 33.6 Å². The van der Waals surface area contributed by atoms with Gasteiger partial charge in [0, 0.05) is 24.7 Å². The number of carbonyl (C=O) groups excluding carboxylic acids is 4. The second-order valence-electron chi connectivity index (χ2n) is 10.5. The summed E-state index contributed by atoms with van der Waals surface area (Å²) in [5, 5.41) is 33.3. The molecular formula is C23H28O11. The van der Waals surface area contributed by atoms with E-state index in [4.69, 9.17) is 18.9 Å². The van der Waals surface area contributed by atoms with Gasteiger partial charge < -0.3 is 34.3 Å². The highest BCUT2D eigenvalue weighted by atomic mass is 16.6. The molecule has 1 spiro atoms. The molecule has 0 aromatic carbocycles. The molecule has 2 aliphatic heterocycles. The van der Waals surface area contributed by atoms with Gasteiger partial charge in [-0.05, 0) is 30.3 Å². The number of fused-ring (bicyclic) bond motifs is 2. The first-order chi connectivity index (χ1) is 15.9. The molecule has 10 atom stereocenters. The molecule has 5 aliphatic rings. The number of hydrogen-bond donors (Lipinski definition) is 3. The van der Waals surface area contributed by atoms with Gasteiger partial charge in [0.15, 0.2) is 11.5 Å². The molecule has 3 N–H and O–H groups in total. The summed E-state index contributed by atoms with van der Waals surface area (Å²) in [6, 6.07) is 0. The lowest BCUT2D eigenvalue weighted by molar-refractivity contribution is -0.290. The van der Waals surface area contributed by atoms with Gasteiger partial charge in [-0.3, -0.25) is 9.59 Å². The van der Waals surface area contributed by atoms with Gasteiger partial charge in [-0.25, -0.2) is 9.59 Å². The molecule has 0 aromatic rings. The quantitative estimate of drug-likeness (QED) is 0.347. The maximum atomic E-state index is 13.1. The van der Waals surface area contributed by atoms with Crippen LogP contribution in [0.3, 0.4) is 0 Å². The number of allylic oxidation sites excluding steroid dienone is 2. The number of aliphatic hydroxyl groups excluding tert-OH is 3. The minimum Gasteiger partial charge on any atom is -0.504 e. The molecule has 186 valence electrons. The number of Topliss-reactive ketones (excluding diaryl/α,β-unsaturated/α-hetero) is 1. The first kappa shape index (κ1) is 23.3. The molecule has 2 saturated heterocycles. The predicted molar refractivity (Wildman–Crippen MR) is 109 cm³/mol. The van der Waals surface area contributed by atoms with Crippen LogP contribution in [0.25, 0.3) is 0 Å². The molecule has 2 saturated carbocycles. The van der Waals surface area contributed by atoms with Gasteiger partial charge >= 0.3 is 17.9 Å². The van der Waals surface area contributed by atoms with Crippen molar-refractivity contribution in [1.29, 1.82) is 0 Å². The summed E-state index contributed by atoms with van der Waals surface area (Å²) in [7, 11) is 1.09. The van der Waals surface area contributed by atoms with E-state index in [0.29, 0.717) is 5.57 Å². The standard InChI is InChI=1S/C23H28O11/c1-8-10-5-12-22-7-32-23(20(30)31-4,17(22)15(19(29)34-12)33-9(2)24)18(28)14(27)16(22)21(10,3)6-11(25)13(8)26/h10,12,14-18,26-28H,5-7H2,1-4H3/t10-,12?,14+,15+,16+,17?,18-,21-,22+,23-/m0/s1. The van der Waals surface area contributed by atoms with E-state index < -0.39 is 82.3 Å². The van der Waals surface area contributed by atoms with E-state index in [1.54, 1.807) is 13.8 Å². The minimum absolute atomic E-state index is 0.131. The van der Waals surface area contributed by atoms with Gasteiger partial charge in [-0.15, -0.1) is 0 Å². The highest BCUT2D eigenvalue weighted by molar-refractivity contribution is 5.95. The lowest BCUT2D eigenvalue weighted by Gasteiger charge is -2.67. The monoisotopic (exact) mass is 480 g/mol. The summed E-state index contributed by atoms with van der Waals surface area (Å²) in [4.78, 5) is 50.9. The van der Waals surface area contributed by atoms with Crippen molar-refractivity contribution in [3.8, 4) is 0 Å². The normalized spacial score (nSPS) is 49.1. The van der Waals surface area contributed by atoms with Crippen LogP contribution in [0.2, 0.25) is 0 Å². The number of aliphatic hydroxyl groups is 3. The highest BCUT2D eigenvalue weighted by Crippen LogP contribution is 2.72. The SMILES string of the molecule is COC(=O)[C@@]12OC[C@@]34C(C[C@H]5C(C)=C(O)C(=O)C[C@]5(C)[C@H]3[C@@H](O)[C@@H]1O)OC(=O)[C@H](OC(C)=O)C42. The average molecular weight is 480 g/mol. The van der Waals surface area contributed by atoms with Crippen molar-refractivity contribution in [3.63, 3.8) is 0 Å². The molecule has 2 heterocycles. The van der Waals surface area contributed by atoms with Gasteiger partial charge in [-0.1, -0.05) is 6.92 Å². The summed E-state index contributed by atoms with van der Waals surface area (Å²) in [5.74, 6) is -6.15. The van der Waals surface area contributed by atoms with Crippen molar-refractivity contribution in [2.24, 2.45) is 28.6 Å². The molecular weight excluding hydrogens is 452 g/mol. The van der Waals surface area contributed by atoms with Gasteiger partial charge in [0.25, 0.3) is 0 Å². The highest BCUT2D eigenvalue weighted by Gasteiger charge is 2.85. The van der Waals surface area contributed by atoms with Crippen molar-refractivity contribution < 1.29 is 53.4 Å². The van der Waals surface area contributed by atoms with Crippen LogP contribution in [0.5, 0.6) is 0 Å². The molecule has 2 unspecified atom stereocenters. The van der Waals surface area contributed by atoms with Crippen LogP contribution >= 0.6 is 0 Å². The largest absolute Gasteiger partial charge is 0.504 e. The van der Waals surface area contributed by atoms with Crippen molar-refractivity contribution in [1.82, 2.24) is 0 Å². The van der Waals surface area contributed by atoms with E-state index in [1.807, 2.05) is 0 Å². The van der Waals surface area contributed by atoms with Crippen LogP contribution in [-0.4, -0.2) is 82.7 Å². The summed E-state index contributed by atoms with van der Waals surface area (Å²) in [6.45, 7) is 4.30. The topological polar surface area (TPSA) is 166 Å². The number of esters is 3. The number of rotatable bonds is 2. The third-order valence-corrected chi connectivity index (χ3v) is 9.13. The number of ether oxygens (including phenoxy) is 4. The molecule has 11 nitrogen and oxygen atoms in total. The number of carbonyl (C=O) groups is 4. The molecule has 0 aromatic heterocycles. The molecule has 34 heavy (non-hydrogen) atoms. The first-order valence-corrected chi connectivity index (χ1v) is 11.3. The van der Waals surface area contributed by atoms with Crippen LogP contribution in [0, 0.1) is 28.6 Å². The molecule has 4 fully saturated rings. The number of ketones is 1. The van der Waals surface area contributed by atoms with Gasteiger partial charge in [0.05, 0.1) is 25.7 Å². The third-order valence-electron chi connectivity index (χ3n) is 9.13. The van der Waals surface area contributed by atoms with Gasteiger partial charge in [0.1, 0.15) is 12.2 Å². The lowest BCUT2D eigenvalue weighted by atomic mass is 9.38. The summed E-state index contributed by atoms with van der Waals surface area (Å²) in [6.07, 6.45) is -5.85. The Balaban J connectivity index is 1.78. The lowest BCUT2D eigenvalue weighted by Crippen LogP contribution is -2.79. The summed E-state index contributed by atoms with van der Waals surface area (Å²) < 4.78 is 22.0. The van der Waals surface area contributed by atoms with E-state index in [-0.39, 0.29) is 25.2 Å². The van der Waals surface area contributed by atoms with E-state index in [1.165, 1.54) is 0 Å². The zero-order chi connectivity index (χ0) is 25.0. The van der Waals surface area contributed by atoms with Crippen LogP contribution < -0.4 is 0 Å². The van der Waals surface area contributed by atoms with E-state index in [2.05, 4.69) is 0 Å². The maximum absolute atomic E-state index is 13.1. The van der Waals surface area contributed by atoms with Gasteiger partial charge in [0.2, 0.25) is 11.7 Å². The Morgan fingerprint density at radius 3 is 2.47 bits per heavy atom. The van der Waals surface area contributed by atoms with Crippen LogP contribution in [0.15, 0.2) is 11.3 Å². The summed E-state index contributed by atoms with van der Waals surface area (Å²) >= 11 is 0. The van der Waals surface area contributed by atoms with Crippen molar-refractivity contribution >= 4 is 23.7 Å². The Bertz CT molecular complexity index is 1030. The Labute approximate surface area is 195 Å². The number of methoxy groups -OCH3 is 1. The Morgan fingerprint density at radius 1 is 1.18 bits per heavy atom. The van der Waals surface area contributed by atoms with Gasteiger partial charge in [-0.2, -0.15) is 0 Å². The van der Waals surface area contributed by atoms with E-state index in [9.17, 15) is 34.5 Å². The number of hydrogen-bond acceptors (Lipinski definition) is 11. The molecule has 3 aliphatic carbocycles. The zero-order valence-corrected chi connectivity index (χ0v) is 19.3. The second-order valence-corrected chi connectivity index (χ2v) is 10.5. The zero-order valence-electron chi connectivity index (χ0n) is 19.3. The predicted octanol–water partition coefficient (Wildman–Crippen LogP) is -0.429. The van der Waals surface area contributed by atoms with Crippen molar-refractivity contribution in [2.75, 3.05) is 13.7 Å². The Kier molecular flexibility index (Phi) is 4.80. The first-order valence-electron chi connectivity index (χ1n) is 11.3. The van der Waals surface area contributed by atoms with E-state index >= 15 is 0 Å². The Morgan fingerprint density at radius 2 is 1.85 bits per heavy atom. The molecule has 5 rings (SSSR count).